The fourth-order valence-electron chi connectivity index (χ4n) is 5.40. The summed E-state index contributed by atoms with van der Waals surface area (Å²) in [6, 6.07) is 0.204. The van der Waals surface area contributed by atoms with Crippen molar-refractivity contribution in [3.63, 3.8) is 0 Å². The van der Waals surface area contributed by atoms with Gasteiger partial charge in [0.05, 0.1) is 6.61 Å². The van der Waals surface area contributed by atoms with E-state index in [1.807, 2.05) is 0 Å². The maximum atomic E-state index is 9.82. The fraction of sp³-hybridized carbons (Fsp3) is 0.943. The first-order valence-corrected chi connectivity index (χ1v) is 17.3. The van der Waals surface area contributed by atoms with Crippen LogP contribution in [-0.2, 0) is 0 Å². The van der Waals surface area contributed by atoms with Crippen LogP contribution in [0.4, 0.5) is 0 Å². The van der Waals surface area contributed by atoms with E-state index in [2.05, 4.69) is 38.2 Å². The van der Waals surface area contributed by atoms with E-state index in [9.17, 15) is 5.11 Å². The van der Waals surface area contributed by atoms with E-state index in [4.69, 9.17) is 0 Å². The molecule has 222 valence electrons. The van der Waals surface area contributed by atoms with Crippen molar-refractivity contribution >= 4 is 0 Å². The van der Waals surface area contributed by atoms with Crippen LogP contribution in [-0.4, -0.2) is 24.3 Å². The molecule has 0 aliphatic heterocycles. The zero-order valence-corrected chi connectivity index (χ0v) is 26.1. The Morgan fingerprint density at radius 3 is 1.24 bits per heavy atom. The third kappa shape index (κ3) is 28.5. The molecule has 0 bridgehead atoms. The van der Waals surface area contributed by atoms with Crippen molar-refractivity contribution in [1.82, 2.24) is 5.32 Å². The lowest BCUT2D eigenvalue weighted by atomic mass is 10.0. The van der Waals surface area contributed by atoms with Gasteiger partial charge < -0.3 is 10.4 Å². The molecule has 0 unspecified atom stereocenters. The topological polar surface area (TPSA) is 32.3 Å². The second kappa shape index (κ2) is 31.9. The van der Waals surface area contributed by atoms with Crippen molar-refractivity contribution in [3.05, 3.63) is 12.2 Å². The standard InChI is InChI=1S/C35H71NO/c1-4-6-8-10-12-14-16-18-20-22-24-26-28-30-32-36-35(33-37)34(3)31-29-27-25-23-21-19-17-15-13-11-9-7-5-2/h29,31,34-37H,4-28,30,32-33H2,1-3H3/b31-29+/t34-,35-/m0/s1. The molecule has 0 radical (unpaired) electrons. The molecule has 0 aliphatic carbocycles. The Hall–Kier alpha value is -0.340. The lowest BCUT2D eigenvalue weighted by Gasteiger charge is -2.21. The fourth-order valence-corrected chi connectivity index (χ4v) is 5.40. The van der Waals surface area contributed by atoms with Gasteiger partial charge >= 0.3 is 0 Å². The molecule has 2 atom stereocenters. The Kier molecular flexibility index (Phi) is 31.6. The van der Waals surface area contributed by atoms with E-state index >= 15 is 0 Å². The lowest BCUT2D eigenvalue weighted by Crippen LogP contribution is -2.38. The monoisotopic (exact) mass is 522 g/mol. The smallest absolute Gasteiger partial charge is 0.0590 e. The third-order valence-corrected chi connectivity index (χ3v) is 8.18. The molecule has 0 aromatic heterocycles. The molecule has 2 nitrogen and oxygen atoms in total. The van der Waals surface area contributed by atoms with Gasteiger partial charge in [-0.15, -0.1) is 0 Å². The first-order valence-electron chi connectivity index (χ1n) is 17.3. The van der Waals surface area contributed by atoms with Crippen molar-refractivity contribution in [2.75, 3.05) is 13.2 Å². The van der Waals surface area contributed by atoms with Crippen LogP contribution in [0.5, 0.6) is 0 Å². The molecule has 0 fully saturated rings. The molecule has 0 aliphatic rings. The number of hydrogen-bond acceptors (Lipinski definition) is 2. The minimum Gasteiger partial charge on any atom is -0.395 e. The number of allylic oxidation sites excluding steroid dienone is 1. The Labute approximate surface area is 235 Å². The van der Waals surface area contributed by atoms with Crippen molar-refractivity contribution in [2.24, 2.45) is 5.92 Å². The van der Waals surface area contributed by atoms with Gasteiger partial charge in [0.15, 0.2) is 0 Å². The summed E-state index contributed by atoms with van der Waals surface area (Å²) in [6.07, 6.45) is 41.0. The second-order valence-electron chi connectivity index (χ2n) is 12.0. The number of rotatable bonds is 31. The van der Waals surface area contributed by atoms with E-state index < -0.39 is 0 Å². The van der Waals surface area contributed by atoms with Crippen molar-refractivity contribution < 1.29 is 5.11 Å². The average molecular weight is 522 g/mol. The predicted molar refractivity (Wildman–Crippen MR) is 169 cm³/mol. The van der Waals surface area contributed by atoms with Gasteiger partial charge in [0.2, 0.25) is 0 Å². The summed E-state index contributed by atoms with van der Waals surface area (Å²) in [5, 5.41) is 13.4. The first kappa shape index (κ1) is 36.7. The van der Waals surface area contributed by atoms with Crippen LogP contribution in [0.25, 0.3) is 0 Å². The zero-order chi connectivity index (χ0) is 27.1. The van der Waals surface area contributed by atoms with E-state index in [1.54, 1.807) is 0 Å². The Bertz CT molecular complexity index is 435. The van der Waals surface area contributed by atoms with Gasteiger partial charge in [-0.3, -0.25) is 0 Å². The molecule has 37 heavy (non-hydrogen) atoms. The van der Waals surface area contributed by atoms with Crippen LogP contribution in [0.15, 0.2) is 12.2 Å². The molecule has 0 amide bonds. The van der Waals surface area contributed by atoms with Gasteiger partial charge in [-0.05, 0) is 31.7 Å². The van der Waals surface area contributed by atoms with Gasteiger partial charge in [0, 0.05) is 6.04 Å². The van der Waals surface area contributed by atoms with Gasteiger partial charge in [-0.1, -0.05) is 181 Å². The molecule has 0 aromatic carbocycles. The zero-order valence-electron chi connectivity index (χ0n) is 26.1. The van der Waals surface area contributed by atoms with Crippen LogP contribution in [0.1, 0.15) is 188 Å². The number of unbranched alkanes of at least 4 members (excludes halogenated alkanes) is 24. The molecular weight excluding hydrogens is 450 g/mol. The van der Waals surface area contributed by atoms with Gasteiger partial charge in [0.1, 0.15) is 0 Å². The SMILES string of the molecule is CCCCCCCCCCCCC/C=C/[C@H](C)[C@H](CO)NCCCCCCCCCCCCCCCC. The second-order valence-corrected chi connectivity index (χ2v) is 12.0. The van der Waals surface area contributed by atoms with Crippen LogP contribution >= 0.6 is 0 Å². The van der Waals surface area contributed by atoms with Gasteiger partial charge in [0.25, 0.3) is 0 Å². The number of hydrogen-bond donors (Lipinski definition) is 2. The van der Waals surface area contributed by atoms with Crippen molar-refractivity contribution in [1.29, 1.82) is 0 Å². The van der Waals surface area contributed by atoms with Crippen molar-refractivity contribution in [2.45, 2.75) is 194 Å². The predicted octanol–water partition coefficient (Wildman–Crippen LogP) is 11.3. The average Bonchev–Trinajstić information content (AvgIpc) is 2.91. The van der Waals surface area contributed by atoms with Crippen LogP contribution < -0.4 is 5.32 Å². The Morgan fingerprint density at radius 2 is 0.865 bits per heavy atom. The Balaban J connectivity index is 3.48. The van der Waals surface area contributed by atoms with E-state index in [0.717, 1.165) is 6.54 Å². The van der Waals surface area contributed by atoms with E-state index in [1.165, 1.54) is 167 Å². The summed E-state index contributed by atoms with van der Waals surface area (Å²) in [4.78, 5) is 0. The quantitative estimate of drug-likeness (QED) is 0.0702. The number of nitrogens with one attached hydrogen (secondary N) is 1. The molecule has 0 aromatic rings. The van der Waals surface area contributed by atoms with Gasteiger partial charge in [-0.2, -0.15) is 0 Å². The summed E-state index contributed by atoms with van der Waals surface area (Å²) in [7, 11) is 0. The maximum Gasteiger partial charge on any atom is 0.0590 e. The summed E-state index contributed by atoms with van der Waals surface area (Å²) >= 11 is 0. The molecular formula is C35H71NO. The largest absolute Gasteiger partial charge is 0.395 e. The highest BCUT2D eigenvalue weighted by atomic mass is 16.3. The number of aliphatic hydroxyl groups excluding tert-OH is 1. The molecule has 0 heterocycles. The highest BCUT2D eigenvalue weighted by Crippen LogP contribution is 2.14. The first-order chi connectivity index (χ1) is 18.3. The molecule has 0 rings (SSSR count). The van der Waals surface area contributed by atoms with Crippen LogP contribution in [0.2, 0.25) is 0 Å². The summed E-state index contributed by atoms with van der Waals surface area (Å²) in [5.41, 5.74) is 0. The Morgan fingerprint density at radius 1 is 0.514 bits per heavy atom. The summed E-state index contributed by atoms with van der Waals surface area (Å²) < 4.78 is 0. The van der Waals surface area contributed by atoms with Crippen LogP contribution in [0.3, 0.4) is 0 Å². The maximum absolute atomic E-state index is 9.82. The van der Waals surface area contributed by atoms with E-state index in [-0.39, 0.29) is 12.6 Å². The summed E-state index contributed by atoms with van der Waals surface area (Å²) in [5.74, 6) is 0.407. The highest BCUT2D eigenvalue weighted by molar-refractivity contribution is 4.92. The molecule has 2 N–H and O–H groups in total. The van der Waals surface area contributed by atoms with E-state index in [0.29, 0.717) is 5.92 Å². The normalized spacial score (nSPS) is 13.5. The lowest BCUT2D eigenvalue weighted by molar-refractivity contribution is 0.219. The summed E-state index contributed by atoms with van der Waals surface area (Å²) in [6.45, 7) is 8.11. The van der Waals surface area contributed by atoms with Crippen LogP contribution in [0, 0.1) is 5.92 Å². The minimum atomic E-state index is 0.204. The minimum absolute atomic E-state index is 0.204. The molecule has 0 saturated carbocycles. The number of aliphatic hydroxyl groups is 1. The highest BCUT2D eigenvalue weighted by Gasteiger charge is 2.12. The van der Waals surface area contributed by atoms with Crippen molar-refractivity contribution in [3.8, 4) is 0 Å². The van der Waals surface area contributed by atoms with Gasteiger partial charge in [-0.25, -0.2) is 0 Å². The molecule has 2 heteroatoms. The third-order valence-electron chi connectivity index (χ3n) is 8.18. The molecule has 0 saturated heterocycles. The molecule has 0 spiro atoms.